The molecule has 0 saturated carbocycles. The molecule has 23 heavy (non-hydrogen) atoms. The van der Waals surface area contributed by atoms with E-state index in [9.17, 15) is 9.59 Å². The maximum atomic E-state index is 11.9. The van der Waals surface area contributed by atoms with Crippen molar-refractivity contribution in [2.45, 2.75) is 13.5 Å². The molecule has 0 unspecified atom stereocenters. The van der Waals surface area contributed by atoms with E-state index in [1.807, 2.05) is 37.3 Å². The Morgan fingerprint density at radius 1 is 1.26 bits per heavy atom. The maximum Gasteiger partial charge on any atom is 0.417 e. The highest BCUT2D eigenvalue weighted by molar-refractivity contribution is 5.78. The third-order valence-corrected chi connectivity index (χ3v) is 3.43. The van der Waals surface area contributed by atoms with Gasteiger partial charge in [0, 0.05) is 6.54 Å². The highest BCUT2D eigenvalue weighted by Crippen LogP contribution is 2.16. The first-order chi connectivity index (χ1) is 11.1. The first-order valence-electron chi connectivity index (χ1n) is 7.19. The number of aromatic nitrogens is 1. The van der Waals surface area contributed by atoms with Gasteiger partial charge < -0.3 is 14.5 Å². The molecule has 118 valence electrons. The van der Waals surface area contributed by atoms with Gasteiger partial charge in [-0.1, -0.05) is 24.3 Å². The number of nitrogens with one attached hydrogen (secondary N) is 2. The number of aromatic amines is 1. The number of rotatable bonds is 5. The van der Waals surface area contributed by atoms with E-state index in [-0.39, 0.29) is 12.5 Å². The summed E-state index contributed by atoms with van der Waals surface area (Å²) in [5.41, 5.74) is 2.92. The fraction of sp³-hybridized carbons (Fsp3) is 0.176. The fourth-order valence-electron chi connectivity index (χ4n) is 2.21. The predicted octanol–water partition coefficient (Wildman–Crippen LogP) is 2.12. The third kappa shape index (κ3) is 3.60. The van der Waals surface area contributed by atoms with Gasteiger partial charge in [0.25, 0.3) is 5.91 Å². The van der Waals surface area contributed by atoms with Crippen molar-refractivity contribution in [3.8, 4) is 5.75 Å². The number of H-pyrrole nitrogens is 1. The van der Waals surface area contributed by atoms with E-state index in [0.29, 0.717) is 23.4 Å². The van der Waals surface area contributed by atoms with Gasteiger partial charge in [0.05, 0.1) is 5.52 Å². The zero-order valence-corrected chi connectivity index (χ0v) is 12.6. The van der Waals surface area contributed by atoms with Crippen LogP contribution in [0, 0.1) is 6.92 Å². The van der Waals surface area contributed by atoms with E-state index in [1.54, 1.807) is 12.1 Å². The Balaban J connectivity index is 1.55. The minimum atomic E-state index is -0.493. The van der Waals surface area contributed by atoms with Crippen LogP contribution in [0.5, 0.6) is 5.75 Å². The van der Waals surface area contributed by atoms with E-state index in [2.05, 4.69) is 10.3 Å². The number of carbonyl (C=O) groups excluding carboxylic acids is 1. The lowest BCUT2D eigenvalue weighted by atomic mass is 10.2. The number of amides is 1. The minimum Gasteiger partial charge on any atom is -0.484 e. The fourth-order valence-corrected chi connectivity index (χ4v) is 2.21. The highest BCUT2D eigenvalue weighted by Gasteiger charge is 2.06. The Morgan fingerprint density at radius 2 is 2.09 bits per heavy atom. The first kappa shape index (κ1) is 14.9. The lowest BCUT2D eigenvalue weighted by Gasteiger charge is -2.09. The average molecular weight is 312 g/mol. The largest absolute Gasteiger partial charge is 0.484 e. The number of carbonyl (C=O) groups is 1. The standard InChI is InChI=1S/C17H16N2O4/c1-11-4-2-3-5-14(11)22-10-16(20)18-9-12-6-7-13-15(8-12)23-17(21)19-13/h2-8H,9-10H2,1H3,(H,18,20)(H,19,21). The normalized spacial score (nSPS) is 10.7. The third-order valence-electron chi connectivity index (χ3n) is 3.43. The SMILES string of the molecule is Cc1ccccc1OCC(=O)NCc1ccc2[nH]c(=O)oc2c1. The van der Waals surface area contributed by atoms with Crippen molar-refractivity contribution in [3.05, 3.63) is 64.1 Å². The van der Waals surface area contributed by atoms with E-state index < -0.39 is 5.76 Å². The summed E-state index contributed by atoms with van der Waals surface area (Å²) < 4.78 is 10.5. The number of fused-ring (bicyclic) bond motifs is 1. The molecule has 0 atom stereocenters. The van der Waals surface area contributed by atoms with Crippen LogP contribution < -0.4 is 15.8 Å². The van der Waals surface area contributed by atoms with Gasteiger partial charge in [-0.05, 0) is 36.2 Å². The summed E-state index contributed by atoms with van der Waals surface area (Å²) in [4.78, 5) is 25.5. The van der Waals surface area contributed by atoms with E-state index in [1.165, 1.54) is 0 Å². The molecule has 0 bridgehead atoms. The van der Waals surface area contributed by atoms with Crippen LogP contribution in [0.4, 0.5) is 0 Å². The number of hydrogen-bond donors (Lipinski definition) is 2. The Kier molecular flexibility index (Phi) is 4.14. The average Bonchev–Trinajstić information content (AvgIpc) is 2.91. The molecule has 2 N–H and O–H groups in total. The molecule has 0 fully saturated rings. The zero-order valence-electron chi connectivity index (χ0n) is 12.6. The molecule has 0 aliphatic heterocycles. The van der Waals surface area contributed by atoms with Crippen LogP contribution >= 0.6 is 0 Å². The topological polar surface area (TPSA) is 84.3 Å². The van der Waals surface area contributed by atoms with Crippen molar-refractivity contribution in [2.24, 2.45) is 0 Å². The number of benzene rings is 2. The van der Waals surface area contributed by atoms with Crippen molar-refractivity contribution < 1.29 is 13.9 Å². The Morgan fingerprint density at radius 3 is 2.91 bits per heavy atom. The molecule has 0 spiro atoms. The van der Waals surface area contributed by atoms with Crippen LogP contribution in [0.3, 0.4) is 0 Å². The van der Waals surface area contributed by atoms with Crippen LogP contribution in [0.1, 0.15) is 11.1 Å². The summed E-state index contributed by atoms with van der Waals surface area (Å²) in [5, 5.41) is 2.77. The second kappa shape index (κ2) is 6.39. The van der Waals surface area contributed by atoms with Gasteiger partial charge in [-0.15, -0.1) is 0 Å². The summed E-state index contributed by atoms with van der Waals surface area (Å²) in [7, 11) is 0. The van der Waals surface area contributed by atoms with E-state index in [0.717, 1.165) is 11.1 Å². The van der Waals surface area contributed by atoms with Crippen molar-refractivity contribution in [1.82, 2.24) is 10.3 Å². The van der Waals surface area contributed by atoms with Crippen LogP contribution in [0.25, 0.3) is 11.1 Å². The van der Waals surface area contributed by atoms with Crippen LogP contribution in [-0.4, -0.2) is 17.5 Å². The minimum absolute atomic E-state index is 0.0493. The van der Waals surface area contributed by atoms with Gasteiger partial charge in [-0.2, -0.15) is 0 Å². The Hall–Kier alpha value is -3.02. The van der Waals surface area contributed by atoms with Crippen molar-refractivity contribution in [2.75, 3.05) is 6.61 Å². The molecule has 1 heterocycles. The number of hydrogen-bond acceptors (Lipinski definition) is 4. The van der Waals surface area contributed by atoms with Crippen molar-refractivity contribution in [1.29, 1.82) is 0 Å². The first-order valence-corrected chi connectivity index (χ1v) is 7.19. The van der Waals surface area contributed by atoms with Gasteiger partial charge in [0.1, 0.15) is 5.75 Å². The molecule has 1 amide bonds. The Labute approximate surface area is 132 Å². The molecule has 2 aromatic carbocycles. The van der Waals surface area contributed by atoms with Gasteiger partial charge in [0.2, 0.25) is 0 Å². The van der Waals surface area contributed by atoms with Gasteiger partial charge in [-0.3, -0.25) is 9.78 Å². The molecule has 3 rings (SSSR count). The van der Waals surface area contributed by atoms with Crippen LogP contribution in [-0.2, 0) is 11.3 Å². The predicted molar refractivity (Wildman–Crippen MR) is 85.4 cm³/mol. The number of aryl methyl sites for hydroxylation is 1. The van der Waals surface area contributed by atoms with Crippen molar-refractivity contribution in [3.63, 3.8) is 0 Å². The molecule has 6 heteroatoms. The van der Waals surface area contributed by atoms with E-state index in [4.69, 9.17) is 9.15 Å². The smallest absolute Gasteiger partial charge is 0.417 e. The van der Waals surface area contributed by atoms with Gasteiger partial charge in [-0.25, -0.2) is 4.79 Å². The quantitative estimate of drug-likeness (QED) is 0.756. The number of oxazole rings is 1. The molecule has 0 aliphatic carbocycles. The van der Waals surface area contributed by atoms with Crippen molar-refractivity contribution >= 4 is 17.0 Å². The second-order valence-electron chi connectivity index (χ2n) is 5.18. The molecule has 0 saturated heterocycles. The summed E-state index contributed by atoms with van der Waals surface area (Å²) >= 11 is 0. The lowest BCUT2D eigenvalue weighted by molar-refractivity contribution is -0.123. The summed E-state index contributed by atoms with van der Waals surface area (Å²) in [6, 6.07) is 12.8. The zero-order chi connectivity index (χ0) is 16.2. The molecule has 0 aliphatic rings. The van der Waals surface area contributed by atoms with Gasteiger partial charge >= 0.3 is 5.76 Å². The molecular formula is C17H16N2O4. The number of para-hydroxylation sites is 1. The Bertz CT molecular complexity index is 895. The second-order valence-corrected chi connectivity index (χ2v) is 5.18. The highest BCUT2D eigenvalue weighted by atomic mass is 16.5. The molecule has 3 aromatic rings. The monoisotopic (exact) mass is 312 g/mol. The summed E-state index contributed by atoms with van der Waals surface area (Å²) in [5.74, 6) is -0.0187. The van der Waals surface area contributed by atoms with Crippen LogP contribution in [0.15, 0.2) is 51.7 Å². The molecule has 6 nitrogen and oxygen atoms in total. The maximum absolute atomic E-state index is 11.9. The summed E-state index contributed by atoms with van der Waals surface area (Å²) in [6.45, 7) is 2.21. The van der Waals surface area contributed by atoms with Crippen LogP contribution in [0.2, 0.25) is 0 Å². The molecular weight excluding hydrogens is 296 g/mol. The van der Waals surface area contributed by atoms with E-state index >= 15 is 0 Å². The number of ether oxygens (including phenoxy) is 1. The molecule has 1 aromatic heterocycles. The lowest BCUT2D eigenvalue weighted by Crippen LogP contribution is -2.28. The molecule has 0 radical (unpaired) electrons. The summed E-state index contributed by atoms with van der Waals surface area (Å²) in [6.07, 6.45) is 0. The van der Waals surface area contributed by atoms with Gasteiger partial charge in [0.15, 0.2) is 12.2 Å².